The molecule has 1 aromatic rings. The molecule has 124 valence electrons. The molecule has 0 aliphatic heterocycles. The zero-order chi connectivity index (χ0) is 17.1. The highest BCUT2D eigenvalue weighted by molar-refractivity contribution is 5.70. The van der Waals surface area contributed by atoms with E-state index in [1.165, 1.54) is 0 Å². The molecule has 0 saturated carbocycles. The first-order valence-corrected chi connectivity index (χ1v) is 6.25. The van der Waals surface area contributed by atoms with E-state index < -0.39 is 35.3 Å². The van der Waals surface area contributed by atoms with Crippen LogP contribution in [0.3, 0.4) is 0 Å². The monoisotopic (exact) mass is 329 g/mol. The number of carbonyl (C=O) groups excluding carboxylic acids is 1. The highest BCUT2D eigenvalue weighted by Gasteiger charge is 2.37. The fraction of sp³-hybridized carbons (Fsp3) is 0.462. The molecule has 0 N–H and O–H groups in total. The molecule has 1 aromatic carbocycles. The molecule has 22 heavy (non-hydrogen) atoms. The van der Waals surface area contributed by atoms with E-state index in [-0.39, 0.29) is 19.2 Å². The maximum Gasteiger partial charge on any atom is 0.416 e. The Hall–Kier alpha value is -1.93. The number of benzene rings is 1. The molecule has 0 unspecified atom stereocenters. The van der Waals surface area contributed by atoms with E-state index in [9.17, 15) is 31.1 Å². The number of alkyl halides is 6. The van der Waals surface area contributed by atoms with Gasteiger partial charge in [0, 0.05) is 13.1 Å². The van der Waals surface area contributed by atoms with Gasteiger partial charge in [0.05, 0.1) is 11.1 Å². The van der Waals surface area contributed by atoms with Crippen molar-refractivity contribution in [1.29, 1.82) is 0 Å². The third-order valence-electron chi connectivity index (χ3n) is 2.79. The van der Waals surface area contributed by atoms with Gasteiger partial charge in [0.25, 0.3) is 0 Å². The fourth-order valence-corrected chi connectivity index (χ4v) is 1.63. The molecule has 0 heterocycles. The zero-order valence-electron chi connectivity index (χ0n) is 11.7. The number of amides is 1. The van der Waals surface area contributed by atoms with Gasteiger partial charge in [-0.3, -0.25) is 0 Å². The normalized spacial score (nSPS) is 12.2. The van der Waals surface area contributed by atoms with Crippen LogP contribution in [0.4, 0.5) is 31.1 Å². The van der Waals surface area contributed by atoms with E-state index in [1.54, 1.807) is 13.8 Å². The van der Waals surface area contributed by atoms with E-state index in [2.05, 4.69) is 4.74 Å². The van der Waals surface area contributed by atoms with Crippen molar-refractivity contribution in [2.45, 2.75) is 26.2 Å². The second-order valence-electron chi connectivity index (χ2n) is 4.28. The van der Waals surface area contributed by atoms with Crippen molar-refractivity contribution in [3.8, 4) is 5.75 Å². The van der Waals surface area contributed by atoms with Crippen LogP contribution in [0.2, 0.25) is 0 Å². The van der Waals surface area contributed by atoms with Gasteiger partial charge in [-0.05, 0) is 32.0 Å². The van der Waals surface area contributed by atoms with E-state index in [4.69, 9.17) is 0 Å². The molecule has 0 aliphatic rings. The summed E-state index contributed by atoms with van der Waals surface area (Å²) in [6.45, 7) is 3.61. The minimum absolute atomic E-state index is 0.0330. The summed E-state index contributed by atoms with van der Waals surface area (Å²) < 4.78 is 80.5. The Labute approximate surface area is 122 Å². The van der Waals surface area contributed by atoms with Gasteiger partial charge in [0.1, 0.15) is 5.75 Å². The average molecular weight is 329 g/mol. The number of nitrogens with zero attached hydrogens (tertiary/aromatic N) is 1. The van der Waals surface area contributed by atoms with Gasteiger partial charge < -0.3 is 9.64 Å². The van der Waals surface area contributed by atoms with Crippen molar-refractivity contribution >= 4 is 6.09 Å². The molecule has 1 rings (SSSR count). The van der Waals surface area contributed by atoms with E-state index in [0.717, 1.165) is 4.90 Å². The summed E-state index contributed by atoms with van der Waals surface area (Å²) in [5.74, 6) is -0.806. The SMILES string of the molecule is CCN(CC)C(=O)Oc1cc(C(F)(F)F)cc(C(F)(F)F)c1. The lowest BCUT2D eigenvalue weighted by atomic mass is 10.1. The quantitative estimate of drug-likeness (QED) is 0.761. The Morgan fingerprint density at radius 1 is 0.955 bits per heavy atom. The summed E-state index contributed by atoms with van der Waals surface area (Å²) in [6, 6.07) is 0.683. The summed E-state index contributed by atoms with van der Waals surface area (Å²) >= 11 is 0. The van der Waals surface area contributed by atoms with Crippen LogP contribution in [0, 0.1) is 0 Å². The Balaban J connectivity index is 3.22. The van der Waals surface area contributed by atoms with Crippen LogP contribution in [0.25, 0.3) is 0 Å². The van der Waals surface area contributed by atoms with Crippen LogP contribution < -0.4 is 4.74 Å². The topological polar surface area (TPSA) is 29.5 Å². The number of carbonyl (C=O) groups is 1. The van der Waals surface area contributed by atoms with Crippen LogP contribution in [-0.4, -0.2) is 24.1 Å². The summed E-state index contributed by atoms with van der Waals surface area (Å²) in [6.07, 6.45) is -11.0. The van der Waals surface area contributed by atoms with Crippen molar-refractivity contribution in [1.82, 2.24) is 4.90 Å². The first kappa shape index (κ1) is 18.1. The van der Waals surface area contributed by atoms with Crippen LogP contribution in [-0.2, 0) is 12.4 Å². The number of ether oxygens (including phenoxy) is 1. The summed E-state index contributed by atoms with van der Waals surface area (Å²) in [7, 11) is 0. The fourth-order valence-electron chi connectivity index (χ4n) is 1.63. The maximum atomic E-state index is 12.6. The summed E-state index contributed by atoms with van der Waals surface area (Å²) in [5, 5.41) is 0. The van der Waals surface area contributed by atoms with Gasteiger partial charge in [-0.2, -0.15) is 26.3 Å². The molecule has 0 spiro atoms. The molecule has 1 amide bonds. The lowest BCUT2D eigenvalue weighted by Crippen LogP contribution is -2.33. The van der Waals surface area contributed by atoms with Gasteiger partial charge in [-0.1, -0.05) is 0 Å². The van der Waals surface area contributed by atoms with Crippen molar-refractivity contribution < 1.29 is 35.9 Å². The van der Waals surface area contributed by atoms with Crippen LogP contribution >= 0.6 is 0 Å². The van der Waals surface area contributed by atoms with Gasteiger partial charge >= 0.3 is 18.4 Å². The first-order chi connectivity index (χ1) is 9.98. The smallest absolute Gasteiger partial charge is 0.410 e. The second kappa shape index (κ2) is 6.45. The molecule has 0 fully saturated rings. The third-order valence-corrected chi connectivity index (χ3v) is 2.79. The van der Waals surface area contributed by atoms with Gasteiger partial charge in [0.15, 0.2) is 0 Å². The third kappa shape index (κ3) is 4.54. The molecule has 0 bridgehead atoms. The van der Waals surface area contributed by atoms with E-state index in [0.29, 0.717) is 12.1 Å². The van der Waals surface area contributed by atoms with Crippen LogP contribution in [0.5, 0.6) is 5.75 Å². The highest BCUT2D eigenvalue weighted by Crippen LogP contribution is 2.38. The van der Waals surface area contributed by atoms with Crippen molar-refractivity contribution in [3.63, 3.8) is 0 Å². The Kier molecular flexibility index (Phi) is 5.31. The highest BCUT2D eigenvalue weighted by atomic mass is 19.4. The number of hydrogen-bond donors (Lipinski definition) is 0. The molecular formula is C13H13F6NO2. The molecule has 3 nitrogen and oxygen atoms in total. The first-order valence-electron chi connectivity index (χ1n) is 6.25. The summed E-state index contributed by atoms with van der Waals surface area (Å²) in [5.41, 5.74) is -3.07. The number of rotatable bonds is 3. The van der Waals surface area contributed by atoms with Crippen molar-refractivity contribution in [2.75, 3.05) is 13.1 Å². The lowest BCUT2D eigenvalue weighted by molar-refractivity contribution is -0.143. The van der Waals surface area contributed by atoms with Gasteiger partial charge in [-0.15, -0.1) is 0 Å². The van der Waals surface area contributed by atoms with Crippen LogP contribution in [0.1, 0.15) is 25.0 Å². The Morgan fingerprint density at radius 3 is 1.68 bits per heavy atom. The van der Waals surface area contributed by atoms with Crippen molar-refractivity contribution in [2.24, 2.45) is 0 Å². The molecule has 9 heteroatoms. The van der Waals surface area contributed by atoms with Crippen LogP contribution in [0.15, 0.2) is 18.2 Å². The molecule has 0 saturated heterocycles. The van der Waals surface area contributed by atoms with Gasteiger partial charge in [-0.25, -0.2) is 4.79 Å². The predicted octanol–water partition coefficient (Wildman–Crippen LogP) is 4.56. The zero-order valence-corrected chi connectivity index (χ0v) is 11.7. The Morgan fingerprint density at radius 2 is 1.36 bits per heavy atom. The number of halogens is 6. The largest absolute Gasteiger partial charge is 0.416 e. The molecule has 0 atom stereocenters. The molecule has 0 radical (unpaired) electrons. The van der Waals surface area contributed by atoms with Crippen molar-refractivity contribution in [3.05, 3.63) is 29.3 Å². The minimum atomic E-state index is -4.99. The molecular weight excluding hydrogens is 316 g/mol. The standard InChI is InChI=1S/C13H13F6NO2/c1-3-20(4-2)11(21)22-10-6-8(12(14,15)16)5-9(7-10)13(17,18)19/h5-7H,3-4H2,1-2H3. The lowest BCUT2D eigenvalue weighted by Gasteiger charge is -2.19. The van der Waals surface area contributed by atoms with Gasteiger partial charge in [0.2, 0.25) is 0 Å². The molecule has 0 aromatic heterocycles. The maximum absolute atomic E-state index is 12.6. The number of hydrogen-bond acceptors (Lipinski definition) is 2. The predicted molar refractivity (Wildman–Crippen MR) is 65.4 cm³/mol. The minimum Gasteiger partial charge on any atom is -0.410 e. The molecule has 0 aliphatic carbocycles. The summed E-state index contributed by atoms with van der Waals surface area (Å²) in [4.78, 5) is 12.8. The van der Waals surface area contributed by atoms with E-state index in [1.807, 2.05) is 0 Å². The average Bonchev–Trinajstić information content (AvgIpc) is 2.37. The second-order valence-corrected chi connectivity index (χ2v) is 4.28. The Bertz CT molecular complexity index is 502. The van der Waals surface area contributed by atoms with E-state index >= 15 is 0 Å².